The zero-order chi connectivity index (χ0) is 17.5. The number of nitriles is 1. The topological polar surface area (TPSA) is 78.0 Å². The average molecular weight is 332 g/mol. The summed E-state index contributed by atoms with van der Waals surface area (Å²) >= 11 is 0. The van der Waals surface area contributed by atoms with Crippen LogP contribution >= 0.6 is 0 Å². The van der Waals surface area contributed by atoms with Crippen molar-refractivity contribution in [2.75, 3.05) is 11.9 Å². The van der Waals surface area contributed by atoms with Crippen LogP contribution in [0.25, 0.3) is 10.8 Å². The van der Waals surface area contributed by atoms with Crippen LogP contribution in [0.15, 0.2) is 60.0 Å². The first-order chi connectivity index (χ1) is 12.3. The summed E-state index contributed by atoms with van der Waals surface area (Å²) in [6.07, 6.45) is 6.42. The summed E-state index contributed by atoms with van der Waals surface area (Å²) in [6, 6.07) is 14.1. The molecular formula is C19H20N6. The van der Waals surface area contributed by atoms with Gasteiger partial charge in [0.15, 0.2) is 0 Å². The van der Waals surface area contributed by atoms with E-state index in [1.165, 1.54) is 0 Å². The van der Waals surface area contributed by atoms with E-state index in [1.807, 2.05) is 56.0 Å². The van der Waals surface area contributed by atoms with Gasteiger partial charge in [0.05, 0.1) is 6.33 Å². The van der Waals surface area contributed by atoms with E-state index < -0.39 is 0 Å². The Morgan fingerprint density at radius 1 is 1.24 bits per heavy atom. The fraction of sp³-hybridized carbons (Fsp3) is 0.211. The molecule has 1 aromatic heterocycles. The maximum atomic E-state index is 8.94. The maximum absolute atomic E-state index is 8.94. The summed E-state index contributed by atoms with van der Waals surface area (Å²) in [7, 11) is 0. The second-order valence-electron chi connectivity index (χ2n) is 5.72. The predicted octanol–water partition coefficient (Wildman–Crippen LogP) is 3.27. The van der Waals surface area contributed by atoms with Gasteiger partial charge < -0.3 is 15.2 Å². The summed E-state index contributed by atoms with van der Waals surface area (Å²) < 4.78 is 2.10. The number of aromatic nitrogens is 2. The minimum absolute atomic E-state index is 0.459. The highest BCUT2D eigenvalue weighted by Crippen LogP contribution is 2.22. The van der Waals surface area contributed by atoms with Gasteiger partial charge in [0.2, 0.25) is 12.2 Å². The lowest BCUT2D eigenvalue weighted by molar-refractivity contribution is 0.619. The molecule has 0 radical (unpaired) electrons. The molecule has 0 aliphatic carbocycles. The number of benzene rings is 2. The van der Waals surface area contributed by atoms with Crippen molar-refractivity contribution in [1.29, 1.82) is 5.26 Å². The number of rotatable bonds is 5. The molecule has 2 aromatic carbocycles. The second kappa shape index (κ2) is 7.97. The van der Waals surface area contributed by atoms with Gasteiger partial charge in [-0.3, -0.25) is 0 Å². The number of fused-ring (bicyclic) bond motifs is 1. The van der Waals surface area contributed by atoms with Crippen molar-refractivity contribution in [3.63, 3.8) is 0 Å². The van der Waals surface area contributed by atoms with E-state index in [0.29, 0.717) is 12.5 Å². The Morgan fingerprint density at radius 3 is 2.88 bits per heavy atom. The molecule has 0 saturated heterocycles. The summed E-state index contributed by atoms with van der Waals surface area (Å²) in [5, 5.41) is 17.6. The van der Waals surface area contributed by atoms with Crippen molar-refractivity contribution in [3.8, 4) is 6.19 Å². The molecule has 6 heteroatoms. The maximum Gasteiger partial charge on any atom is 0.211 e. The quantitative estimate of drug-likeness (QED) is 0.325. The molecular weight excluding hydrogens is 312 g/mol. The van der Waals surface area contributed by atoms with E-state index in [0.717, 1.165) is 35.1 Å². The number of imidazole rings is 1. The number of aryl methyl sites for hydroxylation is 2. The molecule has 0 amide bonds. The lowest BCUT2D eigenvalue weighted by Crippen LogP contribution is -2.31. The zero-order valence-corrected chi connectivity index (χ0v) is 14.1. The molecule has 25 heavy (non-hydrogen) atoms. The molecule has 0 fully saturated rings. The fourth-order valence-electron chi connectivity index (χ4n) is 2.70. The first-order valence-electron chi connectivity index (χ1n) is 8.20. The summed E-state index contributed by atoms with van der Waals surface area (Å²) in [5.74, 6) is 0.459. The monoisotopic (exact) mass is 332 g/mol. The van der Waals surface area contributed by atoms with Crippen LogP contribution < -0.4 is 10.6 Å². The van der Waals surface area contributed by atoms with Crippen molar-refractivity contribution in [2.45, 2.75) is 19.9 Å². The van der Waals surface area contributed by atoms with Crippen LogP contribution in [-0.2, 0) is 6.54 Å². The van der Waals surface area contributed by atoms with Gasteiger partial charge in [-0.2, -0.15) is 5.26 Å². The minimum atomic E-state index is 0.459. The predicted molar refractivity (Wildman–Crippen MR) is 100 cm³/mol. The number of nitrogens with zero attached hydrogens (tertiary/aromatic N) is 4. The molecule has 6 nitrogen and oxygen atoms in total. The van der Waals surface area contributed by atoms with E-state index in [9.17, 15) is 0 Å². The lowest BCUT2D eigenvalue weighted by Gasteiger charge is -2.13. The van der Waals surface area contributed by atoms with Gasteiger partial charge in [-0.25, -0.2) is 4.98 Å². The van der Waals surface area contributed by atoms with Gasteiger partial charge >= 0.3 is 0 Å². The Morgan fingerprint density at radius 2 is 2.08 bits per heavy atom. The van der Waals surface area contributed by atoms with E-state index in [2.05, 4.69) is 37.3 Å². The van der Waals surface area contributed by atoms with Gasteiger partial charge in [0, 0.05) is 36.1 Å². The van der Waals surface area contributed by atoms with Crippen molar-refractivity contribution >= 4 is 22.4 Å². The molecule has 0 unspecified atom stereocenters. The molecule has 3 rings (SSSR count). The van der Waals surface area contributed by atoms with Gasteiger partial charge in [-0.05, 0) is 24.8 Å². The number of anilines is 1. The summed E-state index contributed by atoms with van der Waals surface area (Å²) in [4.78, 5) is 7.97. The van der Waals surface area contributed by atoms with Crippen LogP contribution in [0.1, 0.15) is 12.1 Å². The molecule has 3 aromatic rings. The van der Waals surface area contributed by atoms with E-state index in [-0.39, 0.29) is 0 Å². The van der Waals surface area contributed by atoms with Crippen LogP contribution in [-0.4, -0.2) is 22.1 Å². The SMILES string of the molecule is Cc1cncn1CCCN/C(=N\C#N)Nc1cccc2ccccc12. The van der Waals surface area contributed by atoms with Crippen molar-refractivity contribution in [2.24, 2.45) is 4.99 Å². The smallest absolute Gasteiger partial charge is 0.211 e. The summed E-state index contributed by atoms with van der Waals surface area (Å²) in [6.45, 7) is 3.61. The normalized spacial score (nSPS) is 11.3. The Balaban J connectivity index is 1.62. The molecule has 0 spiro atoms. The molecule has 2 N–H and O–H groups in total. The zero-order valence-electron chi connectivity index (χ0n) is 14.1. The minimum Gasteiger partial charge on any atom is -0.355 e. The van der Waals surface area contributed by atoms with Crippen LogP contribution in [0, 0.1) is 18.4 Å². The van der Waals surface area contributed by atoms with E-state index >= 15 is 0 Å². The first-order valence-corrected chi connectivity index (χ1v) is 8.20. The van der Waals surface area contributed by atoms with Crippen molar-refractivity contribution < 1.29 is 0 Å². The highest BCUT2D eigenvalue weighted by atomic mass is 15.2. The largest absolute Gasteiger partial charge is 0.355 e. The lowest BCUT2D eigenvalue weighted by atomic mass is 10.1. The third-order valence-corrected chi connectivity index (χ3v) is 3.99. The molecule has 0 atom stereocenters. The van der Waals surface area contributed by atoms with Gasteiger partial charge in [-0.15, -0.1) is 4.99 Å². The van der Waals surface area contributed by atoms with Crippen LogP contribution in [0.3, 0.4) is 0 Å². The third kappa shape index (κ3) is 4.15. The molecule has 1 heterocycles. The molecule has 0 bridgehead atoms. The first kappa shape index (κ1) is 16.5. The molecule has 0 saturated carbocycles. The van der Waals surface area contributed by atoms with E-state index in [1.54, 1.807) is 0 Å². The Labute approximate surface area is 146 Å². The number of aliphatic imine (C=N–C) groups is 1. The average Bonchev–Trinajstić information content (AvgIpc) is 3.04. The molecule has 126 valence electrons. The van der Waals surface area contributed by atoms with Crippen molar-refractivity contribution in [3.05, 3.63) is 60.7 Å². The van der Waals surface area contributed by atoms with Gasteiger partial charge in [0.1, 0.15) is 0 Å². The Kier molecular flexibility index (Phi) is 5.27. The number of hydrogen-bond donors (Lipinski definition) is 2. The van der Waals surface area contributed by atoms with Gasteiger partial charge in [-0.1, -0.05) is 36.4 Å². The summed E-state index contributed by atoms with van der Waals surface area (Å²) in [5.41, 5.74) is 2.06. The van der Waals surface area contributed by atoms with Crippen LogP contribution in [0.5, 0.6) is 0 Å². The highest BCUT2D eigenvalue weighted by Gasteiger charge is 2.04. The highest BCUT2D eigenvalue weighted by molar-refractivity contribution is 6.03. The van der Waals surface area contributed by atoms with Crippen LogP contribution in [0.4, 0.5) is 5.69 Å². The second-order valence-corrected chi connectivity index (χ2v) is 5.72. The Bertz CT molecular complexity index is 914. The molecule has 0 aliphatic heterocycles. The van der Waals surface area contributed by atoms with Crippen LogP contribution in [0.2, 0.25) is 0 Å². The standard InChI is InChI=1S/C19H20N6/c1-15-12-21-14-25(15)11-5-10-22-19(23-13-20)24-18-9-4-7-16-6-2-3-8-17(16)18/h2-4,6-9,12,14H,5,10-11H2,1H3,(H2,22,23,24). The fourth-order valence-corrected chi connectivity index (χ4v) is 2.70. The molecule has 0 aliphatic rings. The van der Waals surface area contributed by atoms with E-state index in [4.69, 9.17) is 5.26 Å². The third-order valence-electron chi connectivity index (χ3n) is 3.99. The van der Waals surface area contributed by atoms with Crippen molar-refractivity contribution in [1.82, 2.24) is 14.9 Å². The Hall–Kier alpha value is -3.33. The number of nitrogens with one attached hydrogen (secondary N) is 2. The number of hydrogen-bond acceptors (Lipinski definition) is 3. The van der Waals surface area contributed by atoms with Gasteiger partial charge in [0.25, 0.3) is 0 Å². The number of guanidine groups is 1.